The molecule has 0 unspecified atom stereocenters. The molecule has 104 valence electrons. The molecule has 0 aromatic heterocycles. The van der Waals surface area contributed by atoms with Crippen LogP contribution in [0.5, 0.6) is 0 Å². The normalized spacial score (nSPS) is 10.2. The summed E-state index contributed by atoms with van der Waals surface area (Å²) in [6.07, 6.45) is 2.79. The SMILES string of the molecule is C=COCCOP(OCCOC=C)c1ccccc1. The molecule has 0 bridgehead atoms. The molecule has 1 aromatic rings. The van der Waals surface area contributed by atoms with Gasteiger partial charge in [0.1, 0.15) is 13.2 Å². The molecule has 0 heterocycles. The van der Waals surface area contributed by atoms with Crippen molar-refractivity contribution in [3.63, 3.8) is 0 Å². The van der Waals surface area contributed by atoms with Crippen molar-refractivity contribution in [2.45, 2.75) is 0 Å². The zero-order valence-corrected chi connectivity index (χ0v) is 11.8. The van der Waals surface area contributed by atoms with E-state index in [4.69, 9.17) is 18.5 Å². The largest absolute Gasteiger partial charge is 0.499 e. The summed E-state index contributed by atoms with van der Waals surface area (Å²) in [4.78, 5) is 0. The molecule has 0 atom stereocenters. The number of rotatable bonds is 11. The summed E-state index contributed by atoms with van der Waals surface area (Å²) in [5.41, 5.74) is 0. The fourth-order valence-electron chi connectivity index (χ4n) is 1.24. The Morgan fingerprint density at radius 2 is 1.37 bits per heavy atom. The number of benzene rings is 1. The zero-order valence-electron chi connectivity index (χ0n) is 10.9. The van der Waals surface area contributed by atoms with E-state index in [2.05, 4.69) is 13.2 Å². The van der Waals surface area contributed by atoms with Crippen LogP contribution in [-0.4, -0.2) is 26.4 Å². The van der Waals surface area contributed by atoms with Crippen molar-refractivity contribution in [1.82, 2.24) is 0 Å². The maximum Gasteiger partial charge on any atom is 0.205 e. The summed E-state index contributed by atoms with van der Waals surface area (Å²) in [6, 6.07) is 9.83. The van der Waals surface area contributed by atoms with Gasteiger partial charge in [0.25, 0.3) is 0 Å². The van der Waals surface area contributed by atoms with E-state index in [0.717, 1.165) is 5.30 Å². The molecular weight excluding hydrogens is 263 g/mol. The molecule has 1 rings (SSSR count). The molecule has 1 aromatic carbocycles. The van der Waals surface area contributed by atoms with Crippen LogP contribution in [0, 0.1) is 0 Å². The van der Waals surface area contributed by atoms with E-state index in [1.807, 2.05) is 30.3 Å². The summed E-state index contributed by atoms with van der Waals surface area (Å²) < 4.78 is 21.4. The maximum atomic E-state index is 5.70. The summed E-state index contributed by atoms with van der Waals surface area (Å²) in [6.45, 7) is 8.78. The van der Waals surface area contributed by atoms with Gasteiger partial charge in [-0.2, -0.15) is 0 Å². The van der Waals surface area contributed by atoms with Gasteiger partial charge in [0.2, 0.25) is 8.38 Å². The Morgan fingerprint density at radius 3 is 1.84 bits per heavy atom. The first-order valence-electron chi connectivity index (χ1n) is 5.94. The number of ether oxygens (including phenoxy) is 2. The van der Waals surface area contributed by atoms with Crippen LogP contribution in [0.2, 0.25) is 0 Å². The fourth-order valence-corrected chi connectivity index (χ4v) is 2.51. The molecule has 0 radical (unpaired) electrons. The van der Waals surface area contributed by atoms with Gasteiger partial charge in [-0.1, -0.05) is 31.4 Å². The van der Waals surface area contributed by atoms with Crippen LogP contribution in [0.15, 0.2) is 56.0 Å². The lowest BCUT2D eigenvalue weighted by Gasteiger charge is -2.17. The van der Waals surface area contributed by atoms with E-state index < -0.39 is 8.38 Å². The van der Waals surface area contributed by atoms with E-state index >= 15 is 0 Å². The van der Waals surface area contributed by atoms with E-state index in [-0.39, 0.29) is 0 Å². The highest BCUT2D eigenvalue weighted by atomic mass is 31.2. The molecule has 0 N–H and O–H groups in total. The molecule has 0 aliphatic carbocycles. The number of hydrogen-bond donors (Lipinski definition) is 0. The lowest BCUT2D eigenvalue weighted by atomic mass is 10.4. The highest BCUT2D eigenvalue weighted by Crippen LogP contribution is 2.36. The number of hydrogen-bond acceptors (Lipinski definition) is 4. The molecular formula is C14H19O4P. The van der Waals surface area contributed by atoms with Crippen LogP contribution in [0.25, 0.3) is 0 Å². The summed E-state index contributed by atoms with van der Waals surface area (Å²) in [7, 11) is -1.12. The Balaban J connectivity index is 2.43. The predicted octanol–water partition coefficient (Wildman–Crippen LogP) is 2.98. The second kappa shape index (κ2) is 10.6. The third kappa shape index (κ3) is 6.97. The third-order valence-corrected chi connectivity index (χ3v) is 3.58. The van der Waals surface area contributed by atoms with E-state index in [9.17, 15) is 0 Å². The first kappa shape index (κ1) is 15.7. The second-order valence-electron chi connectivity index (χ2n) is 3.33. The first-order valence-corrected chi connectivity index (χ1v) is 7.12. The van der Waals surface area contributed by atoms with Crippen molar-refractivity contribution in [2.75, 3.05) is 26.4 Å². The van der Waals surface area contributed by atoms with Gasteiger partial charge in [0, 0.05) is 5.30 Å². The molecule has 0 spiro atoms. The maximum absolute atomic E-state index is 5.70. The summed E-state index contributed by atoms with van der Waals surface area (Å²) in [5.74, 6) is 0. The minimum Gasteiger partial charge on any atom is -0.499 e. The average Bonchev–Trinajstić information content (AvgIpc) is 2.46. The Hall–Kier alpha value is -1.35. The third-order valence-electron chi connectivity index (χ3n) is 2.02. The van der Waals surface area contributed by atoms with Crippen molar-refractivity contribution in [3.05, 3.63) is 56.0 Å². The molecule has 0 fully saturated rings. The highest BCUT2D eigenvalue weighted by Gasteiger charge is 2.13. The monoisotopic (exact) mass is 282 g/mol. The van der Waals surface area contributed by atoms with E-state index in [1.165, 1.54) is 12.5 Å². The Kier molecular flexibility index (Phi) is 8.73. The van der Waals surface area contributed by atoms with Crippen molar-refractivity contribution < 1.29 is 18.5 Å². The minimum absolute atomic E-state index is 0.453. The van der Waals surface area contributed by atoms with Crippen LogP contribution in [0.4, 0.5) is 0 Å². The highest BCUT2D eigenvalue weighted by molar-refractivity contribution is 7.56. The van der Waals surface area contributed by atoms with Crippen LogP contribution in [0.1, 0.15) is 0 Å². The lowest BCUT2D eigenvalue weighted by molar-refractivity contribution is 0.151. The molecule has 19 heavy (non-hydrogen) atoms. The van der Waals surface area contributed by atoms with Gasteiger partial charge in [0.05, 0.1) is 25.7 Å². The van der Waals surface area contributed by atoms with Crippen molar-refractivity contribution in [1.29, 1.82) is 0 Å². The predicted molar refractivity (Wildman–Crippen MR) is 77.2 cm³/mol. The Bertz CT molecular complexity index is 340. The van der Waals surface area contributed by atoms with Crippen LogP contribution >= 0.6 is 8.38 Å². The van der Waals surface area contributed by atoms with Gasteiger partial charge in [0.15, 0.2) is 0 Å². The minimum atomic E-state index is -1.12. The van der Waals surface area contributed by atoms with Gasteiger partial charge in [-0.25, -0.2) is 0 Å². The van der Waals surface area contributed by atoms with Crippen LogP contribution < -0.4 is 5.30 Å². The van der Waals surface area contributed by atoms with Crippen molar-refractivity contribution in [2.24, 2.45) is 0 Å². The van der Waals surface area contributed by atoms with Crippen molar-refractivity contribution in [3.8, 4) is 0 Å². The molecule has 0 aliphatic heterocycles. The van der Waals surface area contributed by atoms with Gasteiger partial charge in [-0.15, -0.1) is 0 Å². The summed E-state index contributed by atoms with van der Waals surface area (Å²) >= 11 is 0. The van der Waals surface area contributed by atoms with Crippen LogP contribution in [-0.2, 0) is 18.5 Å². The van der Waals surface area contributed by atoms with Gasteiger partial charge >= 0.3 is 0 Å². The standard InChI is InChI=1S/C14H19O4P/c1-3-15-10-12-17-19(18-13-11-16-4-2)14-8-6-5-7-9-14/h3-9H,1-2,10-13H2. The van der Waals surface area contributed by atoms with Crippen LogP contribution in [0.3, 0.4) is 0 Å². The van der Waals surface area contributed by atoms with Gasteiger partial charge in [-0.05, 0) is 12.1 Å². The zero-order chi connectivity index (χ0) is 13.8. The van der Waals surface area contributed by atoms with Crippen molar-refractivity contribution >= 4 is 13.7 Å². The Labute approximate surface area is 115 Å². The molecule has 0 saturated carbocycles. The summed E-state index contributed by atoms with van der Waals surface area (Å²) in [5, 5.41) is 1.02. The van der Waals surface area contributed by atoms with Gasteiger partial charge < -0.3 is 18.5 Å². The second-order valence-corrected chi connectivity index (χ2v) is 4.88. The molecule has 0 saturated heterocycles. The lowest BCUT2D eigenvalue weighted by Crippen LogP contribution is -2.10. The molecule has 0 amide bonds. The van der Waals surface area contributed by atoms with E-state index in [0.29, 0.717) is 26.4 Å². The fraction of sp³-hybridized carbons (Fsp3) is 0.286. The molecule has 5 heteroatoms. The average molecular weight is 282 g/mol. The quantitative estimate of drug-likeness (QED) is 0.355. The topological polar surface area (TPSA) is 36.9 Å². The van der Waals surface area contributed by atoms with Gasteiger partial charge in [-0.3, -0.25) is 0 Å². The first-order chi connectivity index (χ1) is 9.38. The molecule has 4 nitrogen and oxygen atoms in total. The molecule has 0 aliphatic rings. The smallest absolute Gasteiger partial charge is 0.205 e. The van der Waals surface area contributed by atoms with E-state index in [1.54, 1.807) is 0 Å². The Morgan fingerprint density at radius 1 is 0.842 bits per heavy atom.